The number of ether oxygens (including phenoxy) is 2. The molecule has 0 saturated carbocycles. The summed E-state index contributed by atoms with van der Waals surface area (Å²) >= 11 is 2.98. The third kappa shape index (κ3) is 4.74. The van der Waals surface area contributed by atoms with Crippen LogP contribution in [0.15, 0.2) is 47.4 Å². The normalized spacial score (nSPS) is 10.9. The molecule has 0 aliphatic carbocycles. The molecule has 0 amide bonds. The average molecular weight is 441 g/mol. The number of carbonyl (C=O) groups excluding carboxylic acids is 1. The summed E-state index contributed by atoms with van der Waals surface area (Å²) in [4.78, 5) is 21.3. The fourth-order valence-electron chi connectivity index (χ4n) is 2.83. The van der Waals surface area contributed by atoms with E-state index < -0.39 is 0 Å². The monoisotopic (exact) mass is 440 g/mol. The summed E-state index contributed by atoms with van der Waals surface area (Å²) in [5, 5.41) is 9.59. The van der Waals surface area contributed by atoms with E-state index in [1.807, 2.05) is 55.2 Å². The number of aryl methyl sites for hydroxylation is 1. The third-order valence-corrected chi connectivity index (χ3v) is 6.04. The summed E-state index contributed by atoms with van der Waals surface area (Å²) < 4.78 is 12.8. The van der Waals surface area contributed by atoms with Gasteiger partial charge in [-0.3, -0.25) is 9.48 Å². The van der Waals surface area contributed by atoms with Crippen LogP contribution >= 0.6 is 22.7 Å². The van der Waals surface area contributed by atoms with Crippen molar-refractivity contribution in [1.82, 2.24) is 19.7 Å². The Balaban J connectivity index is 1.35. The van der Waals surface area contributed by atoms with E-state index in [1.165, 1.54) is 22.7 Å². The molecule has 0 aliphatic rings. The highest BCUT2D eigenvalue weighted by Gasteiger charge is 2.14. The Morgan fingerprint density at radius 3 is 2.67 bits per heavy atom. The van der Waals surface area contributed by atoms with Crippen LogP contribution in [0.2, 0.25) is 0 Å². The topological polar surface area (TPSA) is 79.1 Å². The van der Waals surface area contributed by atoms with Gasteiger partial charge >= 0.3 is 5.97 Å². The number of rotatable bonds is 8. The first-order valence-corrected chi connectivity index (χ1v) is 11.1. The molecule has 4 rings (SSSR count). The SMILES string of the molecule is CCOc1ccccc1-c1nc(CC(=O)OCc2csc(-c3cnn(C)c3)n2)cs1. The average Bonchev–Trinajstić information content (AvgIpc) is 3.48. The molecule has 0 fully saturated rings. The van der Waals surface area contributed by atoms with Crippen LogP contribution in [0.5, 0.6) is 5.75 Å². The zero-order valence-corrected chi connectivity index (χ0v) is 18.2. The summed E-state index contributed by atoms with van der Waals surface area (Å²) in [6, 6.07) is 7.76. The zero-order valence-electron chi connectivity index (χ0n) is 16.6. The van der Waals surface area contributed by atoms with Crippen molar-refractivity contribution in [1.29, 1.82) is 0 Å². The van der Waals surface area contributed by atoms with Crippen molar-refractivity contribution in [2.24, 2.45) is 7.05 Å². The molecule has 0 unspecified atom stereocenters. The molecule has 3 heterocycles. The fraction of sp³-hybridized carbons (Fsp3) is 0.238. The van der Waals surface area contributed by atoms with Crippen molar-refractivity contribution >= 4 is 28.6 Å². The van der Waals surface area contributed by atoms with Gasteiger partial charge in [-0.1, -0.05) is 12.1 Å². The number of esters is 1. The number of hydrogen-bond acceptors (Lipinski definition) is 8. The summed E-state index contributed by atoms with van der Waals surface area (Å²) in [6.07, 6.45) is 3.78. The van der Waals surface area contributed by atoms with Gasteiger partial charge in [0, 0.05) is 29.6 Å². The lowest BCUT2D eigenvalue weighted by Crippen LogP contribution is -2.08. The molecule has 0 N–H and O–H groups in total. The highest BCUT2D eigenvalue weighted by molar-refractivity contribution is 7.13. The first kappa shape index (κ1) is 20.2. The molecular weight excluding hydrogens is 420 g/mol. The molecule has 3 aromatic heterocycles. The van der Waals surface area contributed by atoms with Gasteiger partial charge in [-0.25, -0.2) is 9.97 Å². The molecule has 0 saturated heterocycles. The van der Waals surface area contributed by atoms with Gasteiger partial charge in [0.25, 0.3) is 0 Å². The molecular formula is C21H20N4O3S2. The molecule has 0 spiro atoms. The van der Waals surface area contributed by atoms with Gasteiger partial charge in [0.2, 0.25) is 0 Å². The summed E-state index contributed by atoms with van der Waals surface area (Å²) in [5.41, 5.74) is 3.27. The van der Waals surface area contributed by atoms with E-state index in [9.17, 15) is 4.79 Å². The minimum atomic E-state index is -0.333. The maximum atomic E-state index is 12.3. The lowest BCUT2D eigenvalue weighted by molar-refractivity contribution is -0.144. The van der Waals surface area contributed by atoms with Gasteiger partial charge in [-0.15, -0.1) is 22.7 Å². The molecule has 0 bridgehead atoms. The second kappa shape index (κ2) is 9.19. The minimum Gasteiger partial charge on any atom is -0.493 e. The first-order valence-electron chi connectivity index (χ1n) is 9.38. The number of thiazole rings is 2. The van der Waals surface area contributed by atoms with Gasteiger partial charge in [0.15, 0.2) is 0 Å². The van der Waals surface area contributed by atoms with Gasteiger partial charge in [-0.2, -0.15) is 5.10 Å². The van der Waals surface area contributed by atoms with E-state index in [0.29, 0.717) is 12.3 Å². The minimum absolute atomic E-state index is 0.118. The second-order valence-electron chi connectivity index (χ2n) is 6.46. The third-order valence-electron chi connectivity index (χ3n) is 4.18. The molecule has 30 heavy (non-hydrogen) atoms. The van der Waals surface area contributed by atoms with E-state index in [0.717, 1.165) is 32.6 Å². The quantitative estimate of drug-likeness (QED) is 0.379. The van der Waals surface area contributed by atoms with Crippen LogP contribution in [-0.2, 0) is 29.6 Å². The van der Waals surface area contributed by atoms with E-state index in [-0.39, 0.29) is 19.0 Å². The number of aromatic nitrogens is 4. The standard InChI is InChI=1S/C21H20N4O3S2/c1-3-27-18-7-5-4-6-17(18)21-23-15(12-30-21)8-19(26)28-11-16-13-29-20(24-16)14-9-22-25(2)10-14/h4-7,9-10,12-13H,3,8,11H2,1-2H3. The lowest BCUT2D eigenvalue weighted by atomic mass is 10.2. The zero-order chi connectivity index (χ0) is 20.9. The maximum absolute atomic E-state index is 12.3. The molecule has 154 valence electrons. The Morgan fingerprint density at radius 2 is 1.87 bits per heavy atom. The van der Waals surface area contributed by atoms with E-state index in [2.05, 4.69) is 15.1 Å². The molecule has 7 nitrogen and oxygen atoms in total. The van der Waals surface area contributed by atoms with Crippen LogP contribution in [0.1, 0.15) is 18.3 Å². The highest BCUT2D eigenvalue weighted by atomic mass is 32.1. The van der Waals surface area contributed by atoms with Crippen LogP contribution < -0.4 is 4.74 Å². The number of nitrogens with zero attached hydrogens (tertiary/aromatic N) is 4. The van der Waals surface area contributed by atoms with Crippen molar-refractivity contribution in [3.05, 3.63) is 58.8 Å². The van der Waals surface area contributed by atoms with Crippen molar-refractivity contribution in [3.63, 3.8) is 0 Å². The Labute approximate surface area is 182 Å². The maximum Gasteiger partial charge on any atom is 0.312 e. The summed E-state index contributed by atoms with van der Waals surface area (Å²) in [7, 11) is 1.86. The number of hydrogen-bond donors (Lipinski definition) is 0. The summed E-state index contributed by atoms with van der Waals surface area (Å²) in [5.74, 6) is 0.456. The highest BCUT2D eigenvalue weighted by Crippen LogP contribution is 2.32. The molecule has 4 aromatic rings. The lowest BCUT2D eigenvalue weighted by Gasteiger charge is -2.07. The number of benzene rings is 1. The van der Waals surface area contributed by atoms with E-state index in [4.69, 9.17) is 9.47 Å². The molecule has 0 atom stereocenters. The molecule has 1 aromatic carbocycles. The van der Waals surface area contributed by atoms with Crippen LogP contribution in [-0.4, -0.2) is 32.3 Å². The Hall–Kier alpha value is -3.04. The van der Waals surface area contributed by atoms with Crippen LogP contribution in [0.3, 0.4) is 0 Å². The van der Waals surface area contributed by atoms with Crippen molar-refractivity contribution in [2.45, 2.75) is 20.0 Å². The fourth-order valence-corrected chi connectivity index (χ4v) is 4.46. The van der Waals surface area contributed by atoms with Gasteiger partial charge in [0.05, 0.1) is 36.2 Å². The van der Waals surface area contributed by atoms with Crippen LogP contribution in [0.25, 0.3) is 21.1 Å². The first-order chi connectivity index (χ1) is 14.6. The molecule has 9 heteroatoms. The number of para-hydroxylation sites is 1. The van der Waals surface area contributed by atoms with Gasteiger partial charge < -0.3 is 9.47 Å². The largest absolute Gasteiger partial charge is 0.493 e. The van der Waals surface area contributed by atoms with Crippen molar-refractivity contribution in [3.8, 4) is 26.9 Å². The van der Waals surface area contributed by atoms with Crippen LogP contribution in [0, 0.1) is 0 Å². The molecule has 0 aliphatic heterocycles. The van der Waals surface area contributed by atoms with E-state index >= 15 is 0 Å². The van der Waals surface area contributed by atoms with Gasteiger partial charge in [-0.05, 0) is 19.1 Å². The van der Waals surface area contributed by atoms with Crippen LogP contribution in [0.4, 0.5) is 0 Å². The predicted molar refractivity (Wildman–Crippen MR) is 117 cm³/mol. The van der Waals surface area contributed by atoms with Crippen molar-refractivity contribution in [2.75, 3.05) is 6.61 Å². The summed E-state index contributed by atoms with van der Waals surface area (Å²) in [6.45, 7) is 2.67. The number of carbonyl (C=O) groups is 1. The Kier molecular flexibility index (Phi) is 6.20. The van der Waals surface area contributed by atoms with E-state index in [1.54, 1.807) is 10.9 Å². The smallest absolute Gasteiger partial charge is 0.312 e. The Bertz CT molecular complexity index is 1150. The van der Waals surface area contributed by atoms with Gasteiger partial charge in [0.1, 0.15) is 22.4 Å². The predicted octanol–water partition coefficient (Wildman–Crippen LogP) is 4.35. The second-order valence-corrected chi connectivity index (χ2v) is 8.17. The Morgan fingerprint density at radius 1 is 1.10 bits per heavy atom. The van der Waals surface area contributed by atoms with Crippen molar-refractivity contribution < 1.29 is 14.3 Å². The molecule has 0 radical (unpaired) electrons.